The molecule has 1 aromatic heterocycles. The highest BCUT2D eigenvalue weighted by molar-refractivity contribution is 7.97. The predicted molar refractivity (Wildman–Crippen MR) is 344 cm³/mol. The number of hydrogen-bond acceptors (Lipinski definition) is 8. The Balaban J connectivity index is 0.000000139. The van der Waals surface area contributed by atoms with E-state index in [1.54, 1.807) is 36.4 Å². The molecular formula is C76H64O8S3. The largest absolute Gasteiger partial charge is 0.547 e. The molecule has 13 rings (SSSR count). The van der Waals surface area contributed by atoms with E-state index in [0.717, 1.165) is 18.2 Å². The number of carboxylic acids is 3. The van der Waals surface area contributed by atoms with Crippen LogP contribution in [0.3, 0.4) is 0 Å². The van der Waals surface area contributed by atoms with Gasteiger partial charge >= 0.3 is 0 Å². The van der Waals surface area contributed by atoms with Gasteiger partial charge in [0, 0.05) is 12.0 Å². The third-order valence-electron chi connectivity index (χ3n) is 12.9. The van der Waals surface area contributed by atoms with Gasteiger partial charge in [0.25, 0.3) is 0 Å². The lowest BCUT2D eigenvalue weighted by atomic mass is 10.1. The van der Waals surface area contributed by atoms with Crippen molar-refractivity contribution in [1.29, 1.82) is 0 Å². The third kappa shape index (κ3) is 20.0. The molecule has 1 aliphatic heterocycles. The van der Waals surface area contributed by atoms with E-state index in [1.165, 1.54) is 62.3 Å². The Bertz CT molecular complexity index is 3270. The molecule has 87 heavy (non-hydrogen) atoms. The van der Waals surface area contributed by atoms with Gasteiger partial charge in [-0.3, -0.25) is 0 Å². The molecule has 1 atom stereocenters. The molecule has 0 amide bonds. The second-order valence-corrected chi connectivity index (χ2v) is 25.1. The van der Waals surface area contributed by atoms with Gasteiger partial charge in [0.1, 0.15) is 11.6 Å². The fourth-order valence-electron chi connectivity index (χ4n) is 8.82. The smallest absolute Gasteiger partial charge is 0.166 e. The molecule has 11 heteroatoms. The number of para-hydroxylation sites is 1. The molecule has 0 aliphatic carbocycles. The van der Waals surface area contributed by atoms with Gasteiger partial charge in [0.05, 0.1) is 50.7 Å². The molecule has 1 unspecified atom stereocenters. The molecule has 0 N–H and O–H groups in total. The summed E-state index contributed by atoms with van der Waals surface area (Å²) in [5, 5.41) is 31.3. The monoisotopic (exact) mass is 1200 g/mol. The lowest BCUT2D eigenvalue weighted by Gasteiger charge is -2.22. The van der Waals surface area contributed by atoms with Crippen molar-refractivity contribution in [3.63, 3.8) is 0 Å². The van der Waals surface area contributed by atoms with Crippen LogP contribution in [-0.4, -0.2) is 30.6 Å². The molecule has 11 aromatic carbocycles. The molecule has 0 bridgehead atoms. The maximum absolute atomic E-state index is 10.4. The zero-order valence-corrected chi connectivity index (χ0v) is 50.1. The normalized spacial score (nSPS) is 12.1. The molecule has 8 nitrogen and oxygen atoms in total. The Hall–Kier alpha value is -9.62. The molecule has 1 fully saturated rings. The molecule has 0 radical (unpaired) electrons. The average Bonchev–Trinajstić information content (AvgIpc) is 3.92. The molecule has 1 aliphatic rings. The summed E-state index contributed by atoms with van der Waals surface area (Å²) in [4.78, 5) is 42.8. The highest BCUT2D eigenvalue weighted by atomic mass is 32.2. The highest BCUT2D eigenvalue weighted by Gasteiger charge is 2.30. The van der Waals surface area contributed by atoms with Crippen LogP contribution in [0.5, 0.6) is 0 Å². The zero-order chi connectivity index (χ0) is 60.7. The quantitative estimate of drug-likeness (QED) is 0.110. The third-order valence-corrected chi connectivity index (χ3v) is 19.6. The second-order valence-electron chi connectivity index (χ2n) is 19.0. The maximum atomic E-state index is 10.4. The van der Waals surface area contributed by atoms with Crippen molar-refractivity contribution < 1.29 is 38.9 Å². The van der Waals surface area contributed by atoms with E-state index < -0.39 is 24.0 Å². The first-order chi connectivity index (χ1) is 42.7. The van der Waals surface area contributed by atoms with Crippen molar-refractivity contribution in [2.75, 3.05) is 6.61 Å². The Morgan fingerprint density at radius 3 is 0.793 bits per heavy atom. The van der Waals surface area contributed by atoms with Crippen molar-refractivity contribution in [3.8, 4) is 0 Å². The SMILES string of the molecule is O=C([O-])C1CCCCO1.O=C([O-])c1cc2ccccc2o1.O=C([O-])c1ccccc1.c1ccc([S+](c2ccccc2)c2ccccc2)cc1.c1ccc([S+](c2ccccc2)c2ccccc2)cc1.c1ccc([S+](c2ccccc2)c2ccccc2)cc1. The van der Waals surface area contributed by atoms with Gasteiger partial charge in [0.2, 0.25) is 0 Å². The van der Waals surface area contributed by atoms with Crippen molar-refractivity contribution in [3.05, 3.63) is 345 Å². The molecule has 1 saturated heterocycles. The van der Waals surface area contributed by atoms with E-state index >= 15 is 0 Å². The van der Waals surface area contributed by atoms with E-state index in [0.29, 0.717) is 18.6 Å². The summed E-state index contributed by atoms with van der Waals surface area (Å²) in [7, 11) is -0.0439. The van der Waals surface area contributed by atoms with Crippen LogP contribution in [-0.2, 0) is 42.2 Å². The summed E-state index contributed by atoms with van der Waals surface area (Å²) in [6, 6.07) is 113. The first kappa shape index (κ1) is 63.4. The number of aromatic carboxylic acids is 2. The Labute approximate surface area is 518 Å². The minimum Gasteiger partial charge on any atom is -0.547 e. The van der Waals surface area contributed by atoms with Crippen LogP contribution in [0.4, 0.5) is 0 Å². The minimum atomic E-state index is -1.29. The Morgan fingerprint density at radius 1 is 0.322 bits per heavy atom. The number of rotatable bonds is 12. The number of ether oxygens (including phenoxy) is 1. The van der Waals surface area contributed by atoms with Crippen LogP contribution in [0.25, 0.3) is 11.0 Å². The number of aliphatic carboxylic acids is 1. The van der Waals surface area contributed by atoms with Gasteiger partial charge in [-0.05, 0) is 146 Å². The summed E-state index contributed by atoms with van der Waals surface area (Å²) in [5.41, 5.74) is 0.786. The van der Waals surface area contributed by atoms with Gasteiger partial charge < -0.3 is 38.9 Å². The second kappa shape index (κ2) is 35.0. The molecule has 2 heterocycles. The van der Waals surface area contributed by atoms with Crippen LogP contribution in [0.1, 0.15) is 40.2 Å². The molecule has 12 aromatic rings. The Kier molecular flexibility index (Phi) is 25.5. The average molecular weight is 1200 g/mol. The van der Waals surface area contributed by atoms with Crippen molar-refractivity contribution in [1.82, 2.24) is 0 Å². The van der Waals surface area contributed by atoms with Crippen molar-refractivity contribution >= 4 is 61.6 Å². The lowest BCUT2D eigenvalue weighted by Crippen LogP contribution is -2.39. The fraction of sp³-hybridized carbons (Fsp3) is 0.0658. The number of hydrogen-bond donors (Lipinski definition) is 0. The topological polar surface area (TPSA) is 143 Å². The highest BCUT2D eigenvalue weighted by Crippen LogP contribution is 2.33. The standard InChI is InChI=1S/3C18H15S.C9H6O3.C7H6O2.C6H10O3/c3*1-4-10-16(11-5-1)19(17-12-6-2-7-13-17)18-14-8-3-9-15-18;10-9(11)8-5-6-3-1-2-4-7(6)12-8;8-7(9)6-4-2-1-3-5-6;7-6(8)5-3-1-2-4-9-5/h3*1-15H;1-5H,(H,10,11);1-5H,(H,8,9);5H,1-4H2,(H,7,8)/q3*+1;;;/p-3. The fourth-order valence-corrected chi connectivity index (χ4v) is 15.1. The van der Waals surface area contributed by atoms with E-state index in [9.17, 15) is 29.7 Å². The predicted octanol–water partition coefficient (Wildman–Crippen LogP) is 14.5. The molecular weight excluding hydrogens is 1140 g/mol. The summed E-state index contributed by atoms with van der Waals surface area (Å²) >= 11 is 0. The molecule has 434 valence electrons. The lowest BCUT2D eigenvalue weighted by molar-refractivity contribution is -0.318. The van der Waals surface area contributed by atoms with Gasteiger partial charge in [-0.15, -0.1) is 0 Å². The van der Waals surface area contributed by atoms with Crippen LogP contribution in [0, 0.1) is 0 Å². The number of fused-ring (bicyclic) bond motifs is 1. The number of furan rings is 1. The number of benzene rings is 11. The van der Waals surface area contributed by atoms with Crippen LogP contribution in [0.15, 0.2) is 382 Å². The summed E-state index contributed by atoms with van der Waals surface area (Å²) in [5.74, 6) is -3.62. The Morgan fingerprint density at radius 2 is 0.586 bits per heavy atom. The first-order valence-electron chi connectivity index (χ1n) is 28.2. The molecule has 0 saturated carbocycles. The summed E-state index contributed by atoms with van der Waals surface area (Å²) in [6.45, 7) is 0.568. The van der Waals surface area contributed by atoms with Gasteiger partial charge in [-0.25, -0.2) is 0 Å². The van der Waals surface area contributed by atoms with Gasteiger partial charge in [0.15, 0.2) is 49.8 Å². The number of carboxylic acid groups (broad SMARTS) is 3. The number of carbonyl (C=O) groups excluding carboxylic acids is 3. The van der Waals surface area contributed by atoms with E-state index in [-0.39, 0.29) is 44.0 Å². The minimum absolute atomic E-state index is 0.0146. The van der Waals surface area contributed by atoms with E-state index in [2.05, 4.69) is 273 Å². The summed E-state index contributed by atoms with van der Waals surface area (Å²) < 4.78 is 9.84. The maximum Gasteiger partial charge on any atom is 0.166 e. The van der Waals surface area contributed by atoms with Crippen molar-refractivity contribution in [2.45, 2.75) is 69.4 Å². The van der Waals surface area contributed by atoms with E-state index in [4.69, 9.17) is 9.15 Å². The van der Waals surface area contributed by atoms with Crippen LogP contribution >= 0.6 is 0 Å². The van der Waals surface area contributed by atoms with Crippen LogP contribution < -0.4 is 15.3 Å². The first-order valence-corrected chi connectivity index (χ1v) is 31.9. The summed E-state index contributed by atoms with van der Waals surface area (Å²) in [6.07, 6.45) is 1.89. The number of carbonyl (C=O) groups is 3. The van der Waals surface area contributed by atoms with E-state index in [1.807, 2.05) is 6.07 Å². The van der Waals surface area contributed by atoms with Gasteiger partial charge in [-0.2, -0.15) is 0 Å². The van der Waals surface area contributed by atoms with Crippen LogP contribution in [0.2, 0.25) is 0 Å². The van der Waals surface area contributed by atoms with Crippen molar-refractivity contribution in [2.24, 2.45) is 0 Å². The molecule has 0 spiro atoms. The zero-order valence-electron chi connectivity index (χ0n) is 47.7. The van der Waals surface area contributed by atoms with Gasteiger partial charge in [-0.1, -0.05) is 212 Å².